The highest BCUT2D eigenvalue weighted by atomic mass is 19.1. The summed E-state index contributed by atoms with van der Waals surface area (Å²) in [6.07, 6.45) is 0.931. The zero-order valence-corrected chi connectivity index (χ0v) is 11.5. The summed E-state index contributed by atoms with van der Waals surface area (Å²) >= 11 is 0. The number of benzene rings is 1. The van der Waals surface area contributed by atoms with Crippen LogP contribution in [0.25, 0.3) is 0 Å². The Bertz CT molecular complexity index is 478. The SMILES string of the molecule is CCC1C(=O)NC(Cc2ccccc2)C(=O)N1CCF. The number of carbonyl (C=O) groups is 2. The average Bonchev–Trinajstić information content (AvgIpc) is 2.45. The molecule has 1 N–H and O–H groups in total. The quantitative estimate of drug-likeness (QED) is 0.882. The minimum Gasteiger partial charge on any atom is -0.342 e. The number of halogens is 1. The van der Waals surface area contributed by atoms with Crippen molar-refractivity contribution in [1.82, 2.24) is 10.2 Å². The van der Waals surface area contributed by atoms with Gasteiger partial charge in [-0.15, -0.1) is 0 Å². The fraction of sp³-hybridized carbons (Fsp3) is 0.467. The molecule has 1 saturated heterocycles. The van der Waals surface area contributed by atoms with Crippen LogP contribution < -0.4 is 5.32 Å². The summed E-state index contributed by atoms with van der Waals surface area (Å²) < 4.78 is 12.6. The van der Waals surface area contributed by atoms with E-state index in [1.165, 1.54) is 4.90 Å². The van der Waals surface area contributed by atoms with E-state index in [4.69, 9.17) is 0 Å². The number of nitrogens with zero attached hydrogens (tertiary/aromatic N) is 1. The number of rotatable bonds is 5. The summed E-state index contributed by atoms with van der Waals surface area (Å²) in [5.74, 6) is -0.389. The zero-order valence-electron chi connectivity index (χ0n) is 11.5. The molecule has 0 radical (unpaired) electrons. The van der Waals surface area contributed by atoms with Crippen LogP contribution in [0, 0.1) is 0 Å². The number of hydrogen-bond acceptors (Lipinski definition) is 2. The van der Waals surface area contributed by atoms with Crippen LogP contribution in [-0.4, -0.2) is 42.0 Å². The Morgan fingerprint density at radius 1 is 1.25 bits per heavy atom. The van der Waals surface area contributed by atoms with Gasteiger partial charge in [0.05, 0.1) is 0 Å². The van der Waals surface area contributed by atoms with Crippen LogP contribution in [0.15, 0.2) is 30.3 Å². The van der Waals surface area contributed by atoms with E-state index in [9.17, 15) is 14.0 Å². The molecule has 1 aliphatic heterocycles. The number of nitrogens with one attached hydrogen (secondary N) is 1. The van der Waals surface area contributed by atoms with E-state index < -0.39 is 18.8 Å². The van der Waals surface area contributed by atoms with E-state index in [0.29, 0.717) is 12.8 Å². The number of piperazine rings is 1. The van der Waals surface area contributed by atoms with Crippen LogP contribution in [0.5, 0.6) is 0 Å². The van der Waals surface area contributed by atoms with Gasteiger partial charge in [0, 0.05) is 13.0 Å². The molecule has 2 atom stereocenters. The second kappa shape index (κ2) is 6.50. The highest BCUT2D eigenvalue weighted by Gasteiger charge is 2.39. The van der Waals surface area contributed by atoms with Crippen molar-refractivity contribution in [2.75, 3.05) is 13.2 Å². The molecule has 2 rings (SSSR count). The molecule has 1 aromatic carbocycles. The summed E-state index contributed by atoms with van der Waals surface area (Å²) in [5.41, 5.74) is 0.973. The molecule has 108 valence electrons. The Hall–Kier alpha value is -1.91. The van der Waals surface area contributed by atoms with Gasteiger partial charge in [0.15, 0.2) is 0 Å². The van der Waals surface area contributed by atoms with E-state index in [1.54, 1.807) is 0 Å². The molecule has 0 bridgehead atoms. The van der Waals surface area contributed by atoms with Crippen molar-refractivity contribution in [2.24, 2.45) is 0 Å². The van der Waals surface area contributed by atoms with E-state index >= 15 is 0 Å². The fourth-order valence-corrected chi connectivity index (χ4v) is 2.58. The van der Waals surface area contributed by atoms with Gasteiger partial charge in [0.1, 0.15) is 18.8 Å². The third-order valence-corrected chi connectivity index (χ3v) is 3.57. The van der Waals surface area contributed by atoms with E-state index in [2.05, 4.69) is 5.32 Å². The first-order valence-electron chi connectivity index (χ1n) is 6.88. The Morgan fingerprint density at radius 2 is 1.95 bits per heavy atom. The summed E-state index contributed by atoms with van der Waals surface area (Å²) in [4.78, 5) is 25.8. The number of carbonyl (C=O) groups excluding carboxylic acids is 2. The van der Waals surface area contributed by atoms with Crippen LogP contribution in [0.4, 0.5) is 4.39 Å². The first-order chi connectivity index (χ1) is 9.67. The van der Waals surface area contributed by atoms with Gasteiger partial charge < -0.3 is 10.2 Å². The Labute approximate surface area is 118 Å². The average molecular weight is 278 g/mol. The monoisotopic (exact) mass is 278 g/mol. The first-order valence-corrected chi connectivity index (χ1v) is 6.88. The van der Waals surface area contributed by atoms with Crippen LogP contribution in [-0.2, 0) is 16.0 Å². The smallest absolute Gasteiger partial charge is 0.246 e. The molecule has 1 fully saturated rings. The Balaban J connectivity index is 2.14. The topological polar surface area (TPSA) is 49.4 Å². The van der Waals surface area contributed by atoms with Crippen molar-refractivity contribution in [3.8, 4) is 0 Å². The molecule has 5 heteroatoms. The van der Waals surface area contributed by atoms with Crippen molar-refractivity contribution in [3.63, 3.8) is 0 Å². The molecule has 0 saturated carbocycles. The van der Waals surface area contributed by atoms with Crippen molar-refractivity contribution in [3.05, 3.63) is 35.9 Å². The van der Waals surface area contributed by atoms with Gasteiger partial charge in [-0.1, -0.05) is 37.3 Å². The molecule has 2 amide bonds. The normalized spacial score (nSPS) is 22.8. The van der Waals surface area contributed by atoms with Gasteiger partial charge in [0.25, 0.3) is 0 Å². The first kappa shape index (κ1) is 14.5. The van der Waals surface area contributed by atoms with Crippen molar-refractivity contribution in [1.29, 1.82) is 0 Å². The van der Waals surface area contributed by atoms with Crippen LogP contribution in [0.2, 0.25) is 0 Å². The largest absolute Gasteiger partial charge is 0.342 e. The van der Waals surface area contributed by atoms with Gasteiger partial charge >= 0.3 is 0 Å². The fourth-order valence-electron chi connectivity index (χ4n) is 2.58. The minimum absolute atomic E-state index is 0.0178. The molecule has 0 spiro atoms. The highest BCUT2D eigenvalue weighted by Crippen LogP contribution is 2.16. The van der Waals surface area contributed by atoms with Crippen LogP contribution in [0.1, 0.15) is 18.9 Å². The third kappa shape index (κ3) is 2.98. The van der Waals surface area contributed by atoms with E-state index in [0.717, 1.165) is 5.56 Å². The lowest BCUT2D eigenvalue weighted by Gasteiger charge is -2.38. The third-order valence-electron chi connectivity index (χ3n) is 3.57. The maximum atomic E-state index is 12.6. The second-order valence-corrected chi connectivity index (χ2v) is 4.90. The van der Waals surface area contributed by atoms with Gasteiger partial charge in [0.2, 0.25) is 11.8 Å². The van der Waals surface area contributed by atoms with Crippen molar-refractivity contribution < 1.29 is 14.0 Å². The second-order valence-electron chi connectivity index (χ2n) is 4.90. The highest BCUT2D eigenvalue weighted by molar-refractivity contribution is 5.97. The lowest BCUT2D eigenvalue weighted by atomic mass is 9.99. The van der Waals surface area contributed by atoms with E-state index in [-0.39, 0.29) is 18.4 Å². The Morgan fingerprint density at radius 3 is 2.55 bits per heavy atom. The van der Waals surface area contributed by atoms with Crippen molar-refractivity contribution >= 4 is 11.8 Å². The molecular weight excluding hydrogens is 259 g/mol. The maximum Gasteiger partial charge on any atom is 0.246 e. The molecule has 20 heavy (non-hydrogen) atoms. The van der Waals surface area contributed by atoms with E-state index in [1.807, 2.05) is 37.3 Å². The van der Waals surface area contributed by atoms with Gasteiger partial charge in [-0.3, -0.25) is 9.59 Å². The van der Waals surface area contributed by atoms with Gasteiger partial charge in [-0.25, -0.2) is 4.39 Å². The Kier molecular flexibility index (Phi) is 4.71. The lowest BCUT2D eigenvalue weighted by Crippen LogP contribution is -2.64. The van der Waals surface area contributed by atoms with Crippen molar-refractivity contribution in [2.45, 2.75) is 31.8 Å². The zero-order chi connectivity index (χ0) is 14.5. The molecule has 2 unspecified atom stereocenters. The minimum atomic E-state index is -0.631. The summed E-state index contributed by atoms with van der Waals surface area (Å²) in [7, 11) is 0. The molecule has 1 heterocycles. The molecular formula is C15H19FN2O2. The molecule has 0 aliphatic carbocycles. The summed E-state index contributed by atoms with van der Waals surface area (Å²) in [5, 5.41) is 2.75. The van der Waals surface area contributed by atoms with Gasteiger partial charge in [-0.05, 0) is 12.0 Å². The molecule has 1 aromatic rings. The predicted molar refractivity (Wildman–Crippen MR) is 73.8 cm³/mol. The van der Waals surface area contributed by atoms with Crippen LogP contribution in [0.3, 0.4) is 0 Å². The lowest BCUT2D eigenvalue weighted by molar-refractivity contribution is -0.149. The summed E-state index contributed by atoms with van der Waals surface area (Å²) in [6, 6.07) is 8.34. The van der Waals surface area contributed by atoms with Crippen LogP contribution >= 0.6 is 0 Å². The number of amides is 2. The molecule has 0 aromatic heterocycles. The predicted octanol–water partition coefficient (Wildman–Crippen LogP) is 1.30. The number of hydrogen-bond donors (Lipinski definition) is 1. The van der Waals surface area contributed by atoms with Gasteiger partial charge in [-0.2, -0.15) is 0 Å². The summed E-state index contributed by atoms with van der Waals surface area (Å²) in [6.45, 7) is 1.17. The molecule has 4 nitrogen and oxygen atoms in total. The number of alkyl halides is 1. The standard InChI is InChI=1S/C15H19FN2O2/c1-2-13-14(19)17-12(15(20)18(13)9-8-16)10-11-6-4-3-5-7-11/h3-7,12-13H,2,8-10H2,1H3,(H,17,19). The molecule has 1 aliphatic rings. The maximum absolute atomic E-state index is 12.6.